The molecule has 0 spiro atoms. The van der Waals surface area contributed by atoms with Crippen molar-refractivity contribution in [2.24, 2.45) is 11.1 Å². The van der Waals surface area contributed by atoms with E-state index in [1.54, 1.807) is 24.3 Å². The van der Waals surface area contributed by atoms with Crippen LogP contribution in [0.3, 0.4) is 0 Å². The van der Waals surface area contributed by atoms with Gasteiger partial charge in [0.05, 0.1) is 6.61 Å². The Bertz CT molecular complexity index is 385. The lowest BCUT2D eigenvalue weighted by Gasteiger charge is -2.19. The summed E-state index contributed by atoms with van der Waals surface area (Å²) in [4.78, 5) is 11.1. The predicted molar refractivity (Wildman–Crippen MR) is 70.4 cm³/mol. The van der Waals surface area contributed by atoms with Gasteiger partial charge in [0.1, 0.15) is 11.5 Å². The number of ether oxygens (including phenoxy) is 1. The lowest BCUT2D eigenvalue weighted by atomic mass is 9.86. The molecule has 0 atom stereocenters. The van der Waals surface area contributed by atoms with Crippen LogP contribution in [0.4, 0.5) is 0 Å². The highest BCUT2D eigenvalue weighted by Crippen LogP contribution is 2.22. The van der Waals surface area contributed by atoms with E-state index in [1.807, 2.05) is 13.8 Å². The van der Waals surface area contributed by atoms with Crippen molar-refractivity contribution >= 4 is 5.91 Å². The zero-order valence-electron chi connectivity index (χ0n) is 11.0. The van der Waals surface area contributed by atoms with E-state index in [9.17, 15) is 4.79 Å². The molecule has 4 heteroatoms. The fourth-order valence-electron chi connectivity index (χ4n) is 1.52. The number of benzene rings is 1. The normalized spacial score (nSPS) is 11.2. The highest BCUT2D eigenvalue weighted by Gasteiger charge is 2.23. The number of unbranched alkanes of at least 4 members (excludes halogenated alkanes) is 1. The molecule has 0 saturated heterocycles. The van der Waals surface area contributed by atoms with Gasteiger partial charge >= 0.3 is 0 Å². The highest BCUT2D eigenvalue weighted by molar-refractivity contribution is 5.79. The second-order valence-electron chi connectivity index (χ2n) is 5.05. The number of carbonyl (C=O) groups is 1. The van der Waals surface area contributed by atoms with Gasteiger partial charge in [0.25, 0.3) is 0 Å². The van der Waals surface area contributed by atoms with Crippen LogP contribution in [0.15, 0.2) is 24.3 Å². The number of primary amides is 1. The Balaban J connectivity index is 2.20. The van der Waals surface area contributed by atoms with E-state index in [4.69, 9.17) is 15.6 Å². The van der Waals surface area contributed by atoms with Crippen molar-refractivity contribution in [3.63, 3.8) is 0 Å². The maximum atomic E-state index is 11.1. The van der Waals surface area contributed by atoms with Crippen LogP contribution in [0, 0.1) is 5.41 Å². The molecule has 3 N–H and O–H groups in total. The Morgan fingerprint density at radius 1 is 1.28 bits per heavy atom. The van der Waals surface area contributed by atoms with E-state index in [0.29, 0.717) is 6.61 Å². The monoisotopic (exact) mass is 251 g/mol. The van der Waals surface area contributed by atoms with Crippen molar-refractivity contribution < 1.29 is 14.6 Å². The molecule has 0 bridgehead atoms. The van der Waals surface area contributed by atoms with Crippen LogP contribution in [0.2, 0.25) is 0 Å². The van der Waals surface area contributed by atoms with Gasteiger partial charge in [-0.3, -0.25) is 4.79 Å². The fourth-order valence-corrected chi connectivity index (χ4v) is 1.52. The van der Waals surface area contributed by atoms with E-state index in [1.165, 1.54) is 0 Å². The number of phenols is 1. The van der Waals surface area contributed by atoms with Crippen molar-refractivity contribution in [3.8, 4) is 11.5 Å². The molecule has 0 radical (unpaired) electrons. The third kappa shape index (κ3) is 4.65. The van der Waals surface area contributed by atoms with E-state index in [0.717, 1.165) is 25.0 Å². The molecule has 1 aromatic carbocycles. The molecular weight excluding hydrogens is 230 g/mol. The van der Waals surface area contributed by atoms with Crippen LogP contribution in [-0.2, 0) is 4.79 Å². The third-order valence-electron chi connectivity index (χ3n) is 2.97. The summed E-state index contributed by atoms with van der Waals surface area (Å²) in [5.74, 6) is 0.703. The standard InChI is InChI=1S/C14H21NO3/c1-14(2,13(15)17)9-3-4-10-18-12-7-5-11(16)6-8-12/h5-8,16H,3-4,9-10H2,1-2H3,(H2,15,17). The van der Waals surface area contributed by atoms with Crippen LogP contribution in [0.1, 0.15) is 33.1 Å². The average Bonchev–Trinajstić information content (AvgIpc) is 2.31. The molecule has 1 aromatic rings. The summed E-state index contributed by atoms with van der Waals surface area (Å²) in [5.41, 5.74) is 4.85. The van der Waals surface area contributed by atoms with Crippen molar-refractivity contribution in [3.05, 3.63) is 24.3 Å². The Kier molecular flexibility index (Phi) is 5.01. The molecule has 0 heterocycles. The SMILES string of the molecule is CC(C)(CCCCOc1ccc(O)cc1)C(N)=O. The number of hydrogen-bond donors (Lipinski definition) is 2. The summed E-state index contributed by atoms with van der Waals surface area (Å²) in [6.45, 7) is 4.31. The summed E-state index contributed by atoms with van der Waals surface area (Å²) in [5, 5.41) is 9.11. The molecule has 1 amide bonds. The largest absolute Gasteiger partial charge is 0.508 e. The van der Waals surface area contributed by atoms with Crippen LogP contribution >= 0.6 is 0 Å². The minimum Gasteiger partial charge on any atom is -0.508 e. The Labute approximate surface area is 108 Å². The number of rotatable bonds is 7. The van der Waals surface area contributed by atoms with Gasteiger partial charge in [0.15, 0.2) is 0 Å². The first-order valence-electron chi connectivity index (χ1n) is 6.13. The van der Waals surface area contributed by atoms with Gasteiger partial charge < -0.3 is 15.6 Å². The molecule has 0 aliphatic carbocycles. The highest BCUT2D eigenvalue weighted by atomic mass is 16.5. The second kappa shape index (κ2) is 6.28. The predicted octanol–water partition coefficient (Wildman–Crippen LogP) is 2.45. The summed E-state index contributed by atoms with van der Waals surface area (Å²) >= 11 is 0. The zero-order chi connectivity index (χ0) is 13.6. The summed E-state index contributed by atoms with van der Waals surface area (Å²) in [7, 11) is 0. The van der Waals surface area contributed by atoms with E-state index >= 15 is 0 Å². The fraction of sp³-hybridized carbons (Fsp3) is 0.500. The Hall–Kier alpha value is -1.71. The lowest BCUT2D eigenvalue weighted by molar-refractivity contribution is -0.126. The van der Waals surface area contributed by atoms with Crippen LogP contribution in [-0.4, -0.2) is 17.6 Å². The van der Waals surface area contributed by atoms with Crippen molar-refractivity contribution in [1.29, 1.82) is 0 Å². The molecule has 0 aliphatic heterocycles. The number of aromatic hydroxyl groups is 1. The van der Waals surface area contributed by atoms with E-state index in [-0.39, 0.29) is 11.7 Å². The third-order valence-corrected chi connectivity index (χ3v) is 2.97. The quantitative estimate of drug-likeness (QED) is 0.731. The molecule has 0 saturated carbocycles. The van der Waals surface area contributed by atoms with Crippen molar-refractivity contribution in [1.82, 2.24) is 0 Å². The van der Waals surface area contributed by atoms with Gasteiger partial charge in [0, 0.05) is 5.41 Å². The van der Waals surface area contributed by atoms with Gasteiger partial charge in [-0.25, -0.2) is 0 Å². The average molecular weight is 251 g/mol. The summed E-state index contributed by atoms with van der Waals surface area (Å²) < 4.78 is 5.51. The minimum absolute atomic E-state index is 0.227. The first kappa shape index (κ1) is 14.4. The molecule has 1 rings (SSSR count). The molecule has 18 heavy (non-hydrogen) atoms. The maximum Gasteiger partial charge on any atom is 0.223 e. The molecule has 0 unspecified atom stereocenters. The second-order valence-corrected chi connectivity index (χ2v) is 5.05. The maximum absolute atomic E-state index is 11.1. The number of nitrogens with two attached hydrogens (primary N) is 1. The van der Waals surface area contributed by atoms with Crippen molar-refractivity contribution in [2.45, 2.75) is 33.1 Å². The first-order valence-corrected chi connectivity index (χ1v) is 6.13. The van der Waals surface area contributed by atoms with Gasteiger partial charge in [-0.15, -0.1) is 0 Å². The van der Waals surface area contributed by atoms with Crippen LogP contribution in [0.25, 0.3) is 0 Å². The molecular formula is C14H21NO3. The minimum atomic E-state index is -0.446. The van der Waals surface area contributed by atoms with Crippen LogP contribution in [0.5, 0.6) is 11.5 Å². The zero-order valence-corrected chi connectivity index (χ0v) is 11.0. The van der Waals surface area contributed by atoms with E-state index < -0.39 is 5.41 Å². The summed E-state index contributed by atoms with van der Waals surface area (Å²) in [6.07, 6.45) is 2.53. The first-order chi connectivity index (χ1) is 8.42. The van der Waals surface area contributed by atoms with Gasteiger partial charge in [-0.1, -0.05) is 13.8 Å². The topological polar surface area (TPSA) is 72.6 Å². The van der Waals surface area contributed by atoms with Gasteiger partial charge in [0.2, 0.25) is 5.91 Å². The molecule has 0 fully saturated rings. The van der Waals surface area contributed by atoms with Crippen LogP contribution < -0.4 is 10.5 Å². The summed E-state index contributed by atoms with van der Waals surface area (Å²) in [6, 6.07) is 6.63. The molecule has 4 nitrogen and oxygen atoms in total. The van der Waals surface area contributed by atoms with Gasteiger partial charge in [-0.2, -0.15) is 0 Å². The van der Waals surface area contributed by atoms with Crippen molar-refractivity contribution in [2.75, 3.05) is 6.61 Å². The van der Waals surface area contributed by atoms with E-state index in [2.05, 4.69) is 0 Å². The molecule has 0 aromatic heterocycles. The molecule has 100 valence electrons. The Morgan fingerprint density at radius 2 is 1.89 bits per heavy atom. The number of phenolic OH excluding ortho intramolecular Hbond substituents is 1. The Morgan fingerprint density at radius 3 is 2.44 bits per heavy atom. The number of amides is 1. The van der Waals surface area contributed by atoms with Gasteiger partial charge in [-0.05, 0) is 43.5 Å². The number of carbonyl (C=O) groups excluding carboxylic acids is 1. The molecule has 0 aliphatic rings. The smallest absolute Gasteiger partial charge is 0.223 e. The lowest BCUT2D eigenvalue weighted by Crippen LogP contribution is -2.31. The number of hydrogen-bond acceptors (Lipinski definition) is 3.